The van der Waals surface area contributed by atoms with E-state index in [9.17, 15) is 17.6 Å². The van der Waals surface area contributed by atoms with Crippen LogP contribution in [0.1, 0.15) is 15.9 Å². The highest BCUT2D eigenvalue weighted by Crippen LogP contribution is 2.23. The Balaban J connectivity index is 2.33. The van der Waals surface area contributed by atoms with Crippen molar-refractivity contribution >= 4 is 21.7 Å². The van der Waals surface area contributed by atoms with Crippen molar-refractivity contribution in [2.75, 3.05) is 11.4 Å². The molecule has 0 fully saturated rings. The molecule has 5 nitrogen and oxygen atoms in total. The predicted molar refractivity (Wildman–Crippen MR) is 80.2 cm³/mol. The van der Waals surface area contributed by atoms with Crippen LogP contribution in [0, 0.1) is 0 Å². The van der Waals surface area contributed by atoms with E-state index in [-0.39, 0.29) is 10.5 Å². The molecule has 7 heteroatoms. The molecule has 0 aliphatic carbocycles. The Morgan fingerprint density at radius 2 is 1.64 bits per heavy atom. The van der Waals surface area contributed by atoms with Crippen molar-refractivity contribution in [1.82, 2.24) is 0 Å². The molecule has 0 radical (unpaired) electrons. The van der Waals surface area contributed by atoms with Crippen LogP contribution in [0.15, 0.2) is 53.4 Å². The molecule has 2 rings (SSSR count). The first-order valence-corrected chi connectivity index (χ1v) is 7.77. The van der Waals surface area contributed by atoms with Gasteiger partial charge in [-0.2, -0.15) is 0 Å². The molecule has 0 saturated carbocycles. The van der Waals surface area contributed by atoms with Crippen LogP contribution in [0.5, 0.6) is 0 Å². The zero-order valence-electron chi connectivity index (χ0n) is 11.7. The van der Waals surface area contributed by atoms with Gasteiger partial charge in [0.25, 0.3) is 10.0 Å². The number of carboxylic acids is 1. The van der Waals surface area contributed by atoms with E-state index in [0.717, 1.165) is 4.31 Å². The van der Waals surface area contributed by atoms with Crippen molar-refractivity contribution in [3.63, 3.8) is 0 Å². The van der Waals surface area contributed by atoms with Crippen molar-refractivity contribution < 1.29 is 22.7 Å². The van der Waals surface area contributed by atoms with Gasteiger partial charge in [-0.05, 0) is 42.0 Å². The fraction of sp³-hybridized carbons (Fsp3) is 0.133. The lowest BCUT2D eigenvalue weighted by Crippen LogP contribution is -2.26. The van der Waals surface area contributed by atoms with Crippen LogP contribution in [0.2, 0.25) is 0 Å². The molecule has 0 unspecified atom stereocenters. The molecule has 0 saturated heterocycles. The maximum absolute atomic E-state index is 12.5. The molecular weight excluding hydrogens is 309 g/mol. The molecule has 0 bridgehead atoms. The number of hydrogen-bond acceptors (Lipinski definition) is 3. The Kier molecular flexibility index (Phi) is 4.46. The summed E-state index contributed by atoms with van der Waals surface area (Å²) < 4.78 is 38.5. The van der Waals surface area contributed by atoms with E-state index in [0.29, 0.717) is 11.3 Å². The number of hydrogen-bond donors (Lipinski definition) is 1. The monoisotopic (exact) mass is 323 g/mol. The van der Waals surface area contributed by atoms with Gasteiger partial charge in [0.1, 0.15) is 6.67 Å². The number of nitrogens with zero attached hydrogens (tertiary/aromatic N) is 1. The zero-order valence-corrected chi connectivity index (χ0v) is 12.5. The summed E-state index contributed by atoms with van der Waals surface area (Å²) in [5, 5.41) is 8.82. The SMILES string of the molecule is CN(c1ccc(CF)cc1)S(=O)(=O)c1ccc(C(=O)O)cc1. The molecular formula is C15H14FNO4S. The van der Waals surface area contributed by atoms with Crippen molar-refractivity contribution in [3.8, 4) is 0 Å². The molecule has 0 spiro atoms. The van der Waals surface area contributed by atoms with Crippen LogP contribution < -0.4 is 4.31 Å². The molecule has 0 heterocycles. The van der Waals surface area contributed by atoms with Crippen molar-refractivity contribution in [2.45, 2.75) is 11.6 Å². The van der Waals surface area contributed by atoms with Gasteiger partial charge in [-0.3, -0.25) is 4.31 Å². The van der Waals surface area contributed by atoms with Crippen LogP contribution >= 0.6 is 0 Å². The Labute approximate surface area is 127 Å². The third-order valence-corrected chi connectivity index (χ3v) is 5.01. The molecule has 0 atom stereocenters. The minimum absolute atomic E-state index is 0.00824. The Bertz CT molecular complexity index is 770. The Hall–Kier alpha value is -2.41. The Morgan fingerprint density at radius 3 is 2.09 bits per heavy atom. The lowest BCUT2D eigenvalue weighted by molar-refractivity contribution is 0.0696. The van der Waals surface area contributed by atoms with E-state index in [1.54, 1.807) is 0 Å². The van der Waals surface area contributed by atoms with Gasteiger partial charge in [-0.15, -0.1) is 0 Å². The molecule has 0 amide bonds. The second kappa shape index (κ2) is 6.15. The largest absolute Gasteiger partial charge is 0.478 e. The summed E-state index contributed by atoms with van der Waals surface area (Å²) in [6, 6.07) is 11.0. The molecule has 0 aliphatic heterocycles. The second-order valence-corrected chi connectivity index (χ2v) is 6.57. The summed E-state index contributed by atoms with van der Waals surface area (Å²) in [5.74, 6) is -1.13. The third-order valence-electron chi connectivity index (χ3n) is 3.21. The van der Waals surface area contributed by atoms with Gasteiger partial charge in [0, 0.05) is 7.05 Å². The van der Waals surface area contributed by atoms with Gasteiger partial charge in [-0.1, -0.05) is 12.1 Å². The topological polar surface area (TPSA) is 74.7 Å². The molecule has 1 N–H and O–H groups in total. The summed E-state index contributed by atoms with van der Waals surface area (Å²) in [6.07, 6.45) is 0. The summed E-state index contributed by atoms with van der Waals surface area (Å²) in [6.45, 7) is -0.618. The summed E-state index contributed by atoms with van der Waals surface area (Å²) in [4.78, 5) is 10.8. The van der Waals surface area contributed by atoms with E-state index in [2.05, 4.69) is 0 Å². The standard InChI is InChI=1S/C15H14FNO4S/c1-17(13-6-2-11(10-16)3-7-13)22(20,21)14-8-4-12(5-9-14)15(18)19/h2-9H,10H2,1H3,(H,18,19). The normalized spacial score (nSPS) is 11.2. The van der Waals surface area contributed by atoms with Crippen LogP contribution in [0.25, 0.3) is 0 Å². The molecule has 22 heavy (non-hydrogen) atoms. The fourth-order valence-corrected chi connectivity index (χ4v) is 3.06. The van der Waals surface area contributed by atoms with Gasteiger partial charge in [0.05, 0.1) is 16.1 Å². The molecule has 116 valence electrons. The van der Waals surface area contributed by atoms with Crippen molar-refractivity contribution in [1.29, 1.82) is 0 Å². The number of benzene rings is 2. The van der Waals surface area contributed by atoms with Crippen LogP contribution in [0.4, 0.5) is 10.1 Å². The minimum Gasteiger partial charge on any atom is -0.478 e. The number of sulfonamides is 1. The van der Waals surface area contributed by atoms with Crippen LogP contribution in [-0.2, 0) is 16.7 Å². The lowest BCUT2D eigenvalue weighted by atomic mass is 10.2. The summed E-state index contributed by atoms with van der Waals surface area (Å²) >= 11 is 0. The number of aromatic carboxylic acids is 1. The molecule has 2 aromatic carbocycles. The minimum atomic E-state index is -3.81. The smallest absolute Gasteiger partial charge is 0.335 e. The van der Waals surface area contributed by atoms with E-state index in [4.69, 9.17) is 5.11 Å². The maximum atomic E-state index is 12.5. The van der Waals surface area contributed by atoms with E-state index in [1.165, 1.54) is 55.6 Å². The average molecular weight is 323 g/mol. The first-order chi connectivity index (χ1) is 10.4. The van der Waals surface area contributed by atoms with Gasteiger partial charge >= 0.3 is 5.97 Å². The Morgan fingerprint density at radius 1 is 1.09 bits per heavy atom. The molecule has 0 aromatic heterocycles. The lowest BCUT2D eigenvalue weighted by Gasteiger charge is -2.19. The van der Waals surface area contributed by atoms with Gasteiger partial charge in [0.2, 0.25) is 0 Å². The highest BCUT2D eigenvalue weighted by molar-refractivity contribution is 7.92. The van der Waals surface area contributed by atoms with Gasteiger partial charge < -0.3 is 5.11 Å². The maximum Gasteiger partial charge on any atom is 0.335 e. The van der Waals surface area contributed by atoms with E-state index < -0.39 is 22.7 Å². The number of anilines is 1. The second-order valence-electron chi connectivity index (χ2n) is 4.60. The number of carbonyl (C=O) groups is 1. The first kappa shape index (κ1) is 16.0. The number of alkyl halides is 1. The highest BCUT2D eigenvalue weighted by atomic mass is 32.2. The summed E-state index contributed by atoms with van der Waals surface area (Å²) in [5.41, 5.74) is 0.855. The average Bonchev–Trinajstić information content (AvgIpc) is 2.54. The number of halogens is 1. The third kappa shape index (κ3) is 3.09. The van der Waals surface area contributed by atoms with Crippen LogP contribution in [0.3, 0.4) is 0 Å². The first-order valence-electron chi connectivity index (χ1n) is 6.33. The van der Waals surface area contributed by atoms with E-state index >= 15 is 0 Å². The van der Waals surface area contributed by atoms with E-state index in [1.807, 2.05) is 0 Å². The van der Waals surface area contributed by atoms with Gasteiger partial charge in [-0.25, -0.2) is 17.6 Å². The van der Waals surface area contributed by atoms with Crippen molar-refractivity contribution in [3.05, 3.63) is 59.7 Å². The zero-order chi connectivity index (χ0) is 16.3. The predicted octanol–water partition coefficient (Wildman–Crippen LogP) is 2.68. The number of carboxylic acid groups (broad SMARTS) is 1. The van der Waals surface area contributed by atoms with Crippen LogP contribution in [-0.4, -0.2) is 26.5 Å². The quantitative estimate of drug-likeness (QED) is 0.918. The molecule has 2 aromatic rings. The molecule has 0 aliphatic rings. The van der Waals surface area contributed by atoms with Crippen molar-refractivity contribution in [2.24, 2.45) is 0 Å². The fourth-order valence-electron chi connectivity index (χ4n) is 1.86. The number of rotatable bonds is 5. The van der Waals surface area contributed by atoms with Gasteiger partial charge in [0.15, 0.2) is 0 Å². The summed E-state index contributed by atoms with van der Waals surface area (Å²) in [7, 11) is -2.43. The highest BCUT2D eigenvalue weighted by Gasteiger charge is 2.21.